The van der Waals surface area contributed by atoms with Crippen molar-refractivity contribution in [3.05, 3.63) is 0 Å². The zero-order valence-corrected chi connectivity index (χ0v) is 8.02. The molecule has 0 aromatic rings. The molecule has 0 aliphatic carbocycles. The lowest BCUT2D eigenvalue weighted by Gasteiger charge is -2.26. The number of nitrogens with one attached hydrogen (secondary N) is 1. The Morgan fingerprint density at radius 3 is 2.75 bits per heavy atom. The summed E-state index contributed by atoms with van der Waals surface area (Å²) in [4.78, 5) is 10.9. The summed E-state index contributed by atoms with van der Waals surface area (Å²) >= 11 is 0. The number of rotatable bonds is 1. The van der Waals surface area contributed by atoms with Gasteiger partial charge in [-0.05, 0) is 6.92 Å². The van der Waals surface area contributed by atoms with E-state index in [1.807, 2.05) is 6.92 Å². The number of carbonyl (C=O) groups excluding carboxylic acids is 1. The molecule has 12 heavy (non-hydrogen) atoms. The Morgan fingerprint density at radius 1 is 1.58 bits per heavy atom. The van der Waals surface area contributed by atoms with Gasteiger partial charge in [0.25, 0.3) is 0 Å². The minimum atomic E-state index is -0.427. The van der Waals surface area contributed by atoms with Crippen LogP contribution < -0.4 is 5.32 Å². The number of hydrogen-bond acceptors (Lipinski definition) is 4. The van der Waals surface area contributed by atoms with Crippen molar-refractivity contribution in [2.24, 2.45) is 0 Å². The minimum absolute atomic E-state index is 0. The Kier molecular flexibility index (Phi) is 5.20. The van der Waals surface area contributed by atoms with Gasteiger partial charge in [-0.1, -0.05) is 0 Å². The van der Waals surface area contributed by atoms with Gasteiger partial charge in [-0.2, -0.15) is 0 Å². The van der Waals surface area contributed by atoms with Crippen molar-refractivity contribution in [2.45, 2.75) is 19.1 Å². The van der Waals surface area contributed by atoms with Gasteiger partial charge in [-0.3, -0.25) is 0 Å². The molecule has 0 aromatic heterocycles. The predicted molar refractivity (Wildman–Crippen MR) is 46.5 cm³/mol. The molecule has 1 fully saturated rings. The zero-order chi connectivity index (χ0) is 8.27. The monoisotopic (exact) mass is 195 g/mol. The van der Waals surface area contributed by atoms with E-state index in [-0.39, 0.29) is 24.5 Å². The first-order valence-corrected chi connectivity index (χ1v) is 3.68. The highest BCUT2D eigenvalue weighted by Crippen LogP contribution is 2.03. The van der Waals surface area contributed by atoms with Crippen LogP contribution in [-0.4, -0.2) is 38.4 Å². The lowest BCUT2D eigenvalue weighted by Crippen LogP contribution is -2.47. The Bertz CT molecular complexity index is 154. The van der Waals surface area contributed by atoms with Crippen LogP contribution in [0.3, 0.4) is 0 Å². The lowest BCUT2D eigenvalue weighted by molar-refractivity contribution is -0.159. The molecular formula is C7H14ClNO3. The van der Waals surface area contributed by atoms with E-state index in [4.69, 9.17) is 4.74 Å². The van der Waals surface area contributed by atoms with Crippen LogP contribution in [0.15, 0.2) is 0 Å². The van der Waals surface area contributed by atoms with Gasteiger partial charge in [0, 0.05) is 13.1 Å². The maximum Gasteiger partial charge on any atom is 0.336 e. The normalized spacial score (nSPS) is 28.8. The fraction of sp³-hybridized carbons (Fsp3) is 0.857. The molecule has 1 aliphatic heterocycles. The first-order valence-electron chi connectivity index (χ1n) is 3.68. The zero-order valence-electron chi connectivity index (χ0n) is 7.20. The van der Waals surface area contributed by atoms with Gasteiger partial charge in [0.15, 0.2) is 6.10 Å². The molecular weight excluding hydrogens is 182 g/mol. The van der Waals surface area contributed by atoms with Gasteiger partial charge >= 0.3 is 5.97 Å². The van der Waals surface area contributed by atoms with Gasteiger partial charge in [0.1, 0.15) is 0 Å². The van der Waals surface area contributed by atoms with E-state index in [1.54, 1.807) is 0 Å². The first kappa shape index (κ1) is 11.7. The Labute approximate surface area is 78.0 Å². The topological polar surface area (TPSA) is 47.6 Å². The molecule has 72 valence electrons. The number of morpholine rings is 1. The van der Waals surface area contributed by atoms with Crippen molar-refractivity contribution in [3.8, 4) is 0 Å². The molecule has 0 spiro atoms. The SMILES string of the molecule is COC(=O)C1CNC[C@@H](C)O1.Cl. The van der Waals surface area contributed by atoms with Crippen molar-refractivity contribution >= 4 is 18.4 Å². The smallest absolute Gasteiger partial charge is 0.336 e. The highest BCUT2D eigenvalue weighted by Gasteiger charge is 2.25. The molecule has 5 heteroatoms. The second-order valence-electron chi connectivity index (χ2n) is 2.62. The maximum absolute atomic E-state index is 10.9. The van der Waals surface area contributed by atoms with Gasteiger partial charge in [-0.15, -0.1) is 12.4 Å². The number of carbonyl (C=O) groups is 1. The van der Waals surface area contributed by atoms with E-state index < -0.39 is 6.10 Å². The lowest BCUT2D eigenvalue weighted by atomic mass is 10.2. The molecule has 4 nitrogen and oxygen atoms in total. The van der Waals surface area contributed by atoms with Crippen molar-refractivity contribution in [2.75, 3.05) is 20.2 Å². The molecule has 0 amide bonds. The molecule has 2 atom stereocenters. The summed E-state index contributed by atoms with van der Waals surface area (Å²) in [6.07, 6.45) is -0.336. The molecule has 1 saturated heterocycles. The van der Waals surface area contributed by atoms with Crippen LogP contribution in [0.1, 0.15) is 6.92 Å². The van der Waals surface area contributed by atoms with Crippen LogP contribution >= 0.6 is 12.4 Å². The highest BCUT2D eigenvalue weighted by molar-refractivity contribution is 5.85. The van der Waals surface area contributed by atoms with Gasteiger partial charge in [0.2, 0.25) is 0 Å². The number of hydrogen-bond donors (Lipinski definition) is 1. The first-order chi connectivity index (χ1) is 5.24. The van der Waals surface area contributed by atoms with E-state index in [9.17, 15) is 4.79 Å². The third kappa shape index (κ3) is 2.97. The molecule has 1 N–H and O–H groups in total. The Hall–Kier alpha value is -0.320. The molecule has 0 saturated carbocycles. The van der Waals surface area contributed by atoms with Crippen molar-refractivity contribution in [3.63, 3.8) is 0 Å². The van der Waals surface area contributed by atoms with Crippen LogP contribution in [0.5, 0.6) is 0 Å². The fourth-order valence-electron chi connectivity index (χ4n) is 1.06. The minimum Gasteiger partial charge on any atom is -0.467 e. The number of esters is 1. The van der Waals surface area contributed by atoms with Crippen molar-refractivity contribution < 1.29 is 14.3 Å². The number of halogens is 1. The standard InChI is InChI=1S/C7H13NO3.ClH/c1-5-3-8-4-6(11-5)7(9)10-2;/h5-6,8H,3-4H2,1-2H3;1H/t5-,6?;/m1./s1. The Balaban J connectivity index is 0.00000121. The fourth-order valence-corrected chi connectivity index (χ4v) is 1.06. The molecule has 1 unspecified atom stereocenters. The summed E-state index contributed by atoms with van der Waals surface area (Å²) in [6.45, 7) is 3.27. The highest BCUT2D eigenvalue weighted by atomic mass is 35.5. The summed E-state index contributed by atoms with van der Waals surface area (Å²) in [7, 11) is 1.37. The summed E-state index contributed by atoms with van der Waals surface area (Å²) < 4.78 is 9.84. The van der Waals surface area contributed by atoms with Crippen molar-refractivity contribution in [1.29, 1.82) is 0 Å². The molecule has 1 heterocycles. The number of methoxy groups -OCH3 is 1. The third-order valence-electron chi connectivity index (χ3n) is 1.62. The summed E-state index contributed by atoms with van der Waals surface area (Å²) in [5.41, 5.74) is 0. The van der Waals surface area contributed by atoms with E-state index in [2.05, 4.69) is 10.1 Å². The third-order valence-corrected chi connectivity index (χ3v) is 1.62. The Morgan fingerprint density at radius 2 is 2.25 bits per heavy atom. The quantitative estimate of drug-likeness (QED) is 0.597. The summed E-state index contributed by atoms with van der Waals surface area (Å²) in [5, 5.41) is 3.07. The van der Waals surface area contributed by atoms with Crippen LogP contribution in [0.4, 0.5) is 0 Å². The van der Waals surface area contributed by atoms with E-state index in [0.29, 0.717) is 6.54 Å². The van der Waals surface area contributed by atoms with Gasteiger partial charge in [0.05, 0.1) is 13.2 Å². The summed E-state index contributed by atoms with van der Waals surface area (Å²) in [5.74, 6) is -0.302. The number of ether oxygens (including phenoxy) is 2. The average Bonchev–Trinajstić information content (AvgIpc) is 2.03. The van der Waals surface area contributed by atoms with Crippen LogP contribution in [0, 0.1) is 0 Å². The van der Waals surface area contributed by atoms with Crippen LogP contribution in [0.25, 0.3) is 0 Å². The second-order valence-corrected chi connectivity index (χ2v) is 2.62. The molecule has 0 radical (unpaired) electrons. The molecule has 0 bridgehead atoms. The van der Waals surface area contributed by atoms with E-state index >= 15 is 0 Å². The molecule has 0 aromatic carbocycles. The molecule has 1 rings (SSSR count). The second kappa shape index (κ2) is 5.35. The van der Waals surface area contributed by atoms with Crippen LogP contribution in [-0.2, 0) is 14.3 Å². The average molecular weight is 196 g/mol. The molecule has 1 aliphatic rings. The van der Waals surface area contributed by atoms with Gasteiger partial charge < -0.3 is 14.8 Å². The predicted octanol–water partition coefficient (Wildman–Crippen LogP) is -0.0419. The van der Waals surface area contributed by atoms with Gasteiger partial charge in [-0.25, -0.2) is 4.79 Å². The largest absolute Gasteiger partial charge is 0.467 e. The van der Waals surface area contributed by atoms with E-state index in [1.165, 1.54) is 7.11 Å². The van der Waals surface area contributed by atoms with Crippen LogP contribution in [0.2, 0.25) is 0 Å². The van der Waals surface area contributed by atoms with E-state index in [0.717, 1.165) is 6.54 Å². The maximum atomic E-state index is 10.9. The summed E-state index contributed by atoms with van der Waals surface area (Å²) in [6, 6.07) is 0. The van der Waals surface area contributed by atoms with Crippen molar-refractivity contribution in [1.82, 2.24) is 5.32 Å².